The Labute approximate surface area is 191 Å². The molecule has 8 nitrogen and oxygen atoms in total. The Hall–Kier alpha value is -2.85. The molecule has 1 N–H and O–H groups in total. The highest BCUT2D eigenvalue weighted by molar-refractivity contribution is 7.99. The minimum Gasteiger partial charge on any atom is -0.362 e. The van der Waals surface area contributed by atoms with Crippen molar-refractivity contribution < 1.29 is 13.2 Å². The van der Waals surface area contributed by atoms with Crippen molar-refractivity contribution in [2.75, 3.05) is 24.7 Å². The maximum absolute atomic E-state index is 12.7. The van der Waals surface area contributed by atoms with E-state index in [-0.39, 0.29) is 16.6 Å². The fourth-order valence-corrected chi connectivity index (χ4v) is 5.65. The summed E-state index contributed by atoms with van der Waals surface area (Å²) in [6, 6.07) is 14.1. The number of carbonyl (C=O) groups is 1. The molecule has 2 heterocycles. The lowest BCUT2D eigenvalue weighted by Crippen LogP contribution is -2.20. The number of nitrogens with zero attached hydrogens (tertiary/aromatic N) is 4. The second kappa shape index (κ2) is 9.33. The summed E-state index contributed by atoms with van der Waals surface area (Å²) in [5.41, 5.74) is 2.34. The van der Waals surface area contributed by atoms with E-state index in [0.29, 0.717) is 17.9 Å². The van der Waals surface area contributed by atoms with Gasteiger partial charge in [-0.2, -0.15) is 8.42 Å². The Bertz CT molecular complexity index is 1280. The third-order valence-corrected chi connectivity index (χ3v) is 7.52. The SMILES string of the molecule is CCn1c(SCC(=O)Nc2cccc(S(=O)(=O)N=C3CCCN3C)c2)nc2ccccc21. The van der Waals surface area contributed by atoms with Crippen molar-refractivity contribution in [1.82, 2.24) is 14.5 Å². The molecule has 2 aromatic carbocycles. The first-order valence-corrected chi connectivity index (χ1v) is 12.8. The van der Waals surface area contributed by atoms with E-state index in [1.807, 2.05) is 43.1 Å². The average Bonchev–Trinajstić information content (AvgIpc) is 3.34. The Morgan fingerprint density at radius 1 is 1.22 bits per heavy atom. The van der Waals surface area contributed by atoms with E-state index in [2.05, 4.69) is 19.3 Å². The summed E-state index contributed by atoms with van der Waals surface area (Å²) >= 11 is 1.35. The van der Waals surface area contributed by atoms with Gasteiger partial charge in [0, 0.05) is 32.2 Å². The van der Waals surface area contributed by atoms with Crippen LogP contribution in [0.5, 0.6) is 0 Å². The van der Waals surface area contributed by atoms with Crippen molar-refractivity contribution in [3.8, 4) is 0 Å². The van der Waals surface area contributed by atoms with Crippen LogP contribution in [0.3, 0.4) is 0 Å². The summed E-state index contributed by atoms with van der Waals surface area (Å²) in [5, 5.41) is 3.55. The van der Waals surface area contributed by atoms with E-state index in [0.717, 1.165) is 35.7 Å². The molecule has 0 aliphatic carbocycles. The normalized spacial score (nSPS) is 15.6. The van der Waals surface area contributed by atoms with Crippen LogP contribution in [0.15, 0.2) is 63.0 Å². The molecule has 0 spiro atoms. The predicted octanol–water partition coefficient (Wildman–Crippen LogP) is 3.60. The van der Waals surface area contributed by atoms with Crippen LogP contribution in [0.25, 0.3) is 11.0 Å². The summed E-state index contributed by atoms with van der Waals surface area (Å²) in [6.07, 6.45) is 1.54. The first-order valence-electron chi connectivity index (χ1n) is 10.4. The smallest absolute Gasteiger partial charge is 0.284 e. The van der Waals surface area contributed by atoms with Crippen molar-refractivity contribution >= 4 is 50.2 Å². The number of carbonyl (C=O) groups excluding carboxylic acids is 1. The van der Waals surface area contributed by atoms with Crippen LogP contribution in [0, 0.1) is 0 Å². The minimum absolute atomic E-state index is 0.0588. The molecule has 0 radical (unpaired) electrons. The fourth-order valence-electron chi connectivity index (χ4n) is 3.63. The summed E-state index contributed by atoms with van der Waals surface area (Å²) in [6.45, 7) is 3.59. The molecule has 0 saturated carbocycles. The van der Waals surface area contributed by atoms with Gasteiger partial charge in [0.25, 0.3) is 10.0 Å². The summed E-state index contributed by atoms with van der Waals surface area (Å²) < 4.78 is 31.4. The number of fused-ring (bicyclic) bond motifs is 1. The second-order valence-corrected chi connectivity index (χ2v) is 10.0. The number of hydrogen-bond acceptors (Lipinski definition) is 5. The largest absolute Gasteiger partial charge is 0.362 e. The van der Waals surface area contributed by atoms with Crippen LogP contribution in [-0.2, 0) is 21.4 Å². The van der Waals surface area contributed by atoms with Crippen molar-refractivity contribution in [1.29, 1.82) is 0 Å². The van der Waals surface area contributed by atoms with E-state index in [1.54, 1.807) is 12.1 Å². The molecular weight excluding hydrogens is 446 g/mol. The highest BCUT2D eigenvalue weighted by Crippen LogP contribution is 2.25. The Morgan fingerprint density at radius 2 is 2.03 bits per heavy atom. The molecule has 1 fully saturated rings. The number of benzene rings is 2. The third kappa shape index (κ3) is 4.81. The van der Waals surface area contributed by atoms with Gasteiger partial charge in [0.1, 0.15) is 5.84 Å². The number of amides is 1. The van der Waals surface area contributed by atoms with Crippen molar-refractivity contribution in [2.45, 2.75) is 36.4 Å². The summed E-state index contributed by atoms with van der Waals surface area (Å²) in [7, 11) is -2.00. The van der Waals surface area contributed by atoms with Gasteiger partial charge in [-0.1, -0.05) is 30.0 Å². The van der Waals surface area contributed by atoms with Crippen LogP contribution in [0.4, 0.5) is 5.69 Å². The zero-order chi connectivity index (χ0) is 22.7. The molecule has 1 amide bonds. The van der Waals surface area contributed by atoms with Crippen LogP contribution >= 0.6 is 11.8 Å². The van der Waals surface area contributed by atoms with Gasteiger partial charge in [-0.05, 0) is 43.7 Å². The molecule has 168 valence electrons. The van der Waals surface area contributed by atoms with Crippen LogP contribution in [0.2, 0.25) is 0 Å². The molecule has 1 aromatic heterocycles. The van der Waals surface area contributed by atoms with E-state index >= 15 is 0 Å². The molecule has 32 heavy (non-hydrogen) atoms. The lowest BCUT2D eigenvalue weighted by atomic mass is 10.3. The monoisotopic (exact) mass is 471 g/mol. The number of para-hydroxylation sites is 2. The fraction of sp³-hybridized carbons (Fsp3) is 0.318. The predicted molar refractivity (Wildman–Crippen MR) is 128 cm³/mol. The van der Waals surface area contributed by atoms with Crippen molar-refractivity contribution in [2.24, 2.45) is 4.40 Å². The molecule has 4 rings (SSSR count). The zero-order valence-electron chi connectivity index (χ0n) is 18.0. The van der Waals surface area contributed by atoms with Gasteiger partial charge in [0.2, 0.25) is 5.91 Å². The number of hydrogen-bond donors (Lipinski definition) is 1. The van der Waals surface area contributed by atoms with Crippen LogP contribution in [0.1, 0.15) is 19.8 Å². The van der Waals surface area contributed by atoms with Crippen LogP contribution in [-0.4, -0.2) is 54.0 Å². The number of aryl methyl sites for hydroxylation is 1. The Morgan fingerprint density at radius 3 is 2.78 bits per heavy atom. The van der Waals surface area contributed by atoms with Gasteiger partial charge < -0.3 is 14.8 Å². The van der Waals surface area contributed by atoms with Gasteiger partial charge >= 0.3 is 0 Å². The molecule has 1 aliphatic heterocycles. The topological polar surface area (TPSA) is 96.7 Å². The molecular formula is C22H25N5O3S2. The first kappa shape index (κ1) is 22.3. The van der Waals surface area contributed by atoms with E-state index in [9.17, 15) is 13.2 Å². The Balaban J connectivity index is 1.44. The molecule has 1 aliphatic rings. The number of anilines is 1. The molecule has 0 bridgehead atoms. The maximum Gasteiger partial charge on any atom is 0.284 e. The maximum atomic E-state index is 12.7. The first-order chi connectivity index (χ1) is 15.4. The molecule has 1 saturated heterocycles. The molecule has 10 heteroatoms. The summed E-state index contributed by atoms with van der Waals surface area (Å²) in [4.78, 5) is 19.1. The number of imidazole rings is 1. The Kier molecular flexibility index (Phi) is 6.52. The number of aromatic nitrogens is 2. The number of thioether (sulfide) groups is 1. The van der Waals surface area contributed by atoms with E-state index < -0.39 is 10.0 Å². The van der Waals surface area contributed by atoms with Crippen molar-refractivity contribution in [3.63, 3.8) is 0 Å². The van der Waals surface area contributed by atoms with Gasteiger partial charge in [-0.25, -0.2) is 4.98 Å². The van der Waals surface area contributed by atoms with Crippen LogP contribution < -0.4 is 5.32 Å². The molecule has 0 atom stereocenters. The quantitative estimate of drug-likeness (QED) is 0.529. The molecule has 0 unspecified atom stereocenters. The van der Waals surface area contributed by atoms with Gasteiger partial charge in [0.05, 0.1) is 21.7 Å². The highest BCUT2D eigenvalue weighted by atomic mass is 32.2. The van der Waals surface area contributed by atoms with Gasteiger partial charge in [-0.3, -0.25) is 4.79 Å². The number of rotatable bonds is 7. The average molecular weight is 472 g/mol. The lowest BCUT2D eigenvalue weighted by molar-refractivity contribution is -0.113. The van der Waals surface area contributed by atoms with Crippen molar-refractivity contribution in [3.05, 3.63) is 48.5 Å². The van der Waals surface area contributed by atoms with E-state index in [4.69, 9.17) is 0 Å². The van der Waals surface area contributed by atoms with E-state index in [1.165, 1.54) is 23.9 Å². The lowest BCUT2D eigenvalue weighted by Gasteiger charge is -2.11. The zero-order valence-corrected chi connectivity index (χ0v) is 19.6. The molecule has 3 aromatic rings. The standard InChI is InChI=1S/C22H25N5O3S2/c1-3-27-19-11-5-4-10-18(19)24-22(27)31-15-21(28)23-16-8-6-9-17(14-16)32(29,30)25-20-12-7-13-26(20)2/h4-6,8-11,14H,3,7,12-13,15H2,1-2H3,(H,23,28). The van der Waals surface area contributed by atoms with Gasteiger partial charge in [-0.15, -0.1) is 4.40 Å². The number of sulfonamides is 1. The second-order valence-electron chi connectivity index (χ2n) is 7.50. The number of likely N-dealkylation sites (tertiary alicyclic amines) is 1. The number of amidine groups is 1. The van der Waals surface area contributed by atoms with Gasteiger partial charge in [0.15, 0.2) is 5.16 Å². The summed E-state index contributed by atoms with van der Waals surface area (Å²) in [5.74, 6) is 0.490. The minimum atomic E-state index is -3.84. The number of nitrogens with one attached hydrogen (secondary N) is 1. The highest BCUT2D eigenvalue weighted by Gasteiger charge is 2.21. The third-order valence-electron chi connectivity index (χ3n) is 5.24.